The average Bonchev–Trinajstić information content (AvgIpc) is 2.54. The van der Waals surface area contributed by atoms with Gasteiger partial charge >= 0.3 is 0 Å². The molecule has 2 amide bonds. The first-order chi connectivity index (χ1) is 12.5. The molecule has 2 rings (SSSR count). The minimum absolute atomic E-state index is 0.0417. The Balaban J connectivity index is 2.08. The fourth-order valence-electron chi connectivity index (χ4n) is 2.16. The Labute approximate surface area is 157 Å². The summed E-state index contributed by atoms with van der Waals surface area (Å²) in [5, 5.41) is 2.40. The number of anilines is 1. The summed E-state index contributed by atoms with van der Waals surface area (Å²) in [5.74, 6) is -2.23. The molecular formula is C17H18N2O6S2. The summed E-state index contributed by atoms with van der Waals surface area (Å²) in [6.07, 6.45) is 0. The van der Waals surface area contributed by atoms with Crippen molar-refractivity contribution in [1.82, 2.24) is 4.72 Å². The molecular weight excluding hydrogens is 392 g/mol. The third-order valence-electron chi connectivity index (χ3n) is 3.43. The van der Waals surface area contributed by atoms with Crippen LogP contribution in [0.25, 0.3) is 0 Å². The van der Waals surface area contributed by atoms with Gasteiger partial charge in [0.2, 0.25) is 11.8 Å². The van der Waals surface area contributed by atoms with Gasteiger partial charge in [-0.05, 0) is 43.3 Å². The van der Waals surface area contributed by atoms with Crippen LogP contribution < -0.4 is 10.0 Å². The largest absolute Gasteiger partial charge is 0.325 e. The molecule has 0 heterocycles. The van der Waals surface area contributed by atoms with Gasteiger partial charge < -0.3 is 5.32 Å². The summed E-state index contributed by atoms with van der Waals surface area (Å²) >= 11 is 0. The zero-order valence-corrected chi connectivity index (χ0v) is 16.2. The van der Waals surface area contributed by atoms with E-state index in [-0.39, 0.29) is 15.5 Å². The van der Waals surface area contributed by atoms with Crippen LogP contribution in [0.1, 0.15) is 12.5 Å². The van der Waals surface area contributed by atoms with Crippen molar-refractivity contribution in [3.63, 3.8) is 0 Å². The molecule has 27 heavy (non-hydrogen) atoms. The second-order valence-electron chi connectivity index (χ2n) is 5.81. The van der Waals surface area contributed by atoms with E-state index in [1.54, 1.807) is 12.1 Å². The molecule has 0 aliphatic rings. The zero-order chi connectivity index (χ0) is 20.2. The summed E-state index contributed by atoms with van der Waals surface area (Å²) in [6.45, 7) is 2.89. The Morgan fingerprint density at radius 1 is 0.852 bits per heavy atom. The highest BCUT2D eigenvalue weighted by molar-refractivity contribution is 7.92. The van der Waals surface area contributed by atoms with Crippen molar-refractivity contribution in [2.75, 3.05) is 11.1 Å². The lowest BCUT2D eigenvalue weighted by atomic mass is 10.2. The molecule has 0 spiro atoms. The van der Waals surface area contributed by atoms with Crippen molar-refractivity contribution in [3.05, 3.63) is 54.1 Å². The molecule has 8 nitrogen and oxygen atoms in total. The van der Waals surface area contributed by atoms with Gasteiger partial charge in [0.15, 0.2) is 9.84 Å². The van der Waals surface area contributed by atoms with E-state index in [2.05, 4.69) is 5.32 Å². The van der Waals surface area contributed by atoms with Gasteiger partial charge in [-0.15, -0.1) is 0 Å². The molecule has 0 bridgehead atoms. The van der Waals surface area contributed by atoms with Crippen LogP contribution in [-0.2, 0) is 29.4 Å². The minimum atomic E-state index is -3.98. The number of sulfone groups is 1. The second-order valence-corrected chi connectivity index (χ2v) is 9.48. The van der Waals surface area contributed by atoms with Crippen molar-refractivity contribution >= 4 is 37.4 Å². The SMILES string of the molecule is CC(=O)NS(=O)(=O)c1ccc(NC(=O)CS(=O)(=O)c2ccc(C)cc2)cc1. The quantitative estimate of drug-likeness (QED) is 0.738. The number of rotatable bonds is 6. The second kappa shape index (κ2) is 7.89. The topological polar surface area (TPSA) is 126 Å². The van der Waals surface area contributed by atoms with E-state index in [1.165, 1.54) is 36.4 Å². The number of carbonyl (C=O) groups excluding carboxylic acids is 2. The Morgan fingerprint density at radius 3 is 1.89 bits per heavy atom. The van der Waals surface area contributed by atoms with Gasteiger partial charge in [0.1, 0.15) is 5.75 Å². The van der Waals surface area contributed by atoms with E-state index < -0.39 is 37.4 Å². The summed E-state index contributed by atoms with van der Waals surface area (Å²) in [6, 6.07) is 11.1. The predicted octanol–water partition coefficient (Wildman–Crippen LogP) is 1.23. The average molecular weight is 410 g/mol. The van der Waals surface area contributed by atoms with Crippen molar-refractivity contribution < 1.29 is 26.4 Å². The summed E-state index contributed by atoms with van der Waals surface area (Å²) in [5.41, 5.74) is 1.12. The van der Waals surface area contributed by atoms with Crippen LogP contribution >= 0.6 is 0 Å². The van der Waals surface area contributed by atoms with Gasteiger partial charge in [-0.2, -0.15) is 0 Å². The first-order valence-corrected chi connectivity index (χ1v) is 10.9. The third-order valence-corrected chi connectivity index (χ3v) is 6.51. The number of aryl methyl sites for hydroxylation is 1. The van der Waals surface area contributed by atoms with Crippen molar-refractivity contribution in [3.8, 4) is 0 Å². The van der Waals surface area contributed by atoms with Crippen LogP contribution in [0.15, 0.2) is 58.3 Å². The maximum atomic E-state index is 12.3. The van der Waals surface area contributed by atoms with Gasteiger partial charge in [0, 0.05) is 12.6 Å². The van der Waals surface area contributed by atoms with Crippen LogP contribution in [0.3, 0.4) is 0 Å². The van der Waals surface area contributed by atoms with Crippen LogP contribution in [0, 0.1) is 6.92 Å². The number of nitrogens with one attached hydrogen (secondary N) is 2. The summed E-state index contributed by atoms with van der Waals surface area (Å²) in [4.78, 5) is 22.8. The normalized spacial score (nSPS) is 11.6. The molecule has 2 N–H and O–H groups in total. The number of carbonyl (C=O) groups is 2. The Bertz CT molecular complexity index is 1060. The molecule has 2 aromatic rings. The molecule has 0 atom stereocenters. The highest BCUT2D eigenvalue weighted by atomic mass is 32.2. The van der Waals surface area contributed by atoms with Gasteiger partial charge in [0.05, 0.1) is 9.79 Å². The zero-order valence-electron chi connectivity index (χ0n) is 14.6. The van der Waals surface area contributed by atoms with Crippen molar-refractivity contribution in [1.29, 1.82) is 0 Å². The summed E-state index contributed by atoms with van der Waals surface area (Å²) in [7, 11) is -7.78. The van der Waals surface area contributed by atoms with E-state index in [4.69, 9.17) is 0 Å². The predicted molar refractivity (Wildman–Crippen MR) is 99.3 cm³/mol. The van der Waals surface area contributed by atoms with E-state index in [0.717, 1.165) is 12.5 Å². The molecule has 0 radical (unpaired) electrons. The Hall–Kier alpha value is -2.72. The Morgan fingerprint density at radius 2 is 1.37 bits per heavy atom. The fourth-order valence-corrected chi connectivity index (χ4v) is 4.29. The molecule has 0 saturated carbocycles. The maximum absolute atomic E-state index is 12.3. The van der Waals surface area contributed by atoms with Crippen molar-refractivity contribution in [2.24, 2.45) is 0 Å². The van der Waals surface area contributed by atoms with Crippen LogP contribution in [0.5, 0.6) is 0 Å². The maximum Gasteiger partial charge on any atom is 0.264 e. The molecule has 10 heteroatoms. The van der Waals surface area contributed by atoms with E-state index in [9.17, 15) is 26.4 Å². The van der Waals surface area contributed by atoms with Crippen LogP contribution in [0.2, 0.25) is 0 Å². The molecule has 0 fully saturated rings. The molecule has 0 aliphatic heterocycles. The third kappa shape index (κ3) is 5.63. The molecule has 0 unspecified atom stereocenters. The molecule has 144 valence electrons. The smallest absolute Gasteiger partial charge is 0.264 e. The first kappa shape index (κ1) is 20.6. The summed E-state index contributed by atoms with van der Waals surface area (Å²) < 4.78 is 50.0. The van der Waals surface area contributed by atoms with E-state index in [1.807, 2.05) is 11.6 Å². The van der Waals surface area contributed by atoms with Crippen molar-refractivity contribution in [2.45, 2.75) is 23.6 Å². The number of sulfonamides is 1. The lowest BCUT2D eigenvalue weighted by molar-refractivity contribution is -0.117. The van der Waals surface area contributed by atoms with E-state index >= 15 is 0 Å². The van der Waals surface area contributed by atoms with Gasteiger partial charge in [-0.1, -0.05) is 17.7 Å². The number of amides is 2. The highest BCUT2D eigenvalue weighted by Crippen LogP contribution is 2.16. The van der Waals surface area contributed by atoms with E-state index in [0.29, 0.717) is 0 Å². The van der Waals surface area contributed by atoms with Gasteiger partial charge in [0.25, 0.3) is 10.0 Å². The number of hydrogen-bond donors (Lipinski definition) is 2. The number of hydrogen-bond acceptors (Lipinski definition) is 6. The molecule has 0 aliphatic carbocycles. The van der Waals surface area contributed by atoms with Gasteiger partial charge in [-0.3, -0.25) is 9.59 Å². The lowest BCUT2D eigenvalue weighted by Crippen LogP contribution is -2.28. The molecule has 0 aromatic heterocycles. The molecule has 2 aromatic carbocycles. The highest BCUT2D eigenvalue weighted by Gasteiger charge is 2.20. The number of benzene rings is 2. The standard InChI is InChI=1S/C17H18N2O6S2/c1-12-3-7-15(8-4-12)26(22,23)11-17(21)18-14-5-9-16(10-6-14)27(24,25)19-13(2)20/h3-10H,11H2,1-2H3,(H,18,21)(H,19,20). The molecule has 0 saturated heterocycles. The van der Waals surface area contributed by atoms with Crippen LogP contribution in [-0.4, -0.2) is 34.4 Å². The Kier molecular flexibility index (Phi) is 6.01. The minimum Gasteiger partial charge on any atom is -0.325 e. The van der Waals surface area contributed by atoms with Gasteiger partial charge in [-0.25, -0.2) is 21.6 Å². The first-order valence-electron chi connectivity index (χ1n) is 7.72. The van der Waals surface area contributed by atoms with Crippen LogP contribution in [0.4, 0.5) is 5.69 Å². The lowest BCUT2D eigenvalue weighted by Gasteiger charge is -2.08. The fraction of sp³-hybridized carbons (Fsp3) is 0.176. The monoisotopic (exact) mass is 410 g/mol.